The van der Waals surface area contributed by atoms with Crippen LogP contribution in [0, 0.1) is 0 Å². The molecular weight excluding hydrogens is 408 g/mol. The molecule has 0 spiro atoms. The van der Waals surface area contributed by atoms with Crippen molar-refractivity contribution in [3.63, 3.8) is 0 Å². The van der Waals surface area contributed by atoms with Crippen molar-refractivity contribution in [1.82, 2.24) is 10.2 Å². The fourth-order valence-electron chi connectivity index (χ4n) is 4.84. The number of nitrogens with one attached hydrogen (secondary N) is 1. The van der Waals surface area contributed by atoms with E-state index in [0.29, 0.717) is 13.0 Å². The highest BCUT2D eigenvalue weighted by atomic mass is 16.2. The topological polar surface area (TPSA) is 84.4 Å². The van der Waals surface area contributed by atoms with Crippen LogP contribution in [0.3, 0.4) is 0 Å². The summed E-state index contributed by atoms with van der Waals surface area (Å²) in [5.41, 5.74) is 16.0. The van der Waals surface area contributed by atoms with E-state index in [1.165, 1.54) is 11.1 Å². The van der Waals surface area contributed by atoms with E-state index >= 15 is 0 Å². The Kier molecular flexibility index (Phi) is 7.89. The van der Waals surface area contributed by atoms with Gasteiger partial charge >= 0.3 is 0 Å². The van der Waals surface area contributed by atoms with E-state index in [9.17, 15) is 4.79 Å². The number of benzene rings is 3. The Labute approximate surface area is 196 Å². The fourth-order valence-corrected chi connectivity index (χ4v) is 4.84. The summed E-state index contributed by atoms with van der Waals surface area (Å²) in [5, 5.41) is 3.18. The van der Waals surface area contributed by atoms with Crippen LogP contribution in [0.1, 0.15) is 29.0 Å². The maximum atomic E-state index is 12.8. The summed E-state index contributed by atoms with van der Waals surface area (Å²) in [7, 11) is 0. The van der Waals surface area contributed by atoms with Crippen LogP contribution in [0.5, 0.6) is 0 Å². The van der Waals surface area contributed by atoms with Crippen LogP contribution in [0.15, 0.2) is 91.0 Å². The summed E-state index contributed by atoms with van der Waals surface area (Å²) in [6.45, 7) is 2.21. The second kappa shape index (κ2) is 11.2. The fraction of sp³-hybridized carbons (Fsp3) is 0.321. The molecule has 5 N–H and O–H groups in total. The highest BCUT2D eigenvalue weighted by molar-refractivity contribution is 5.82. The van der Waals surface area contributed by atoms with Crippen LogP contribution in [-0.4, -0.2) is 48.6 Å². The van der Waals surface area contributed by atoms with Crippen LogP contribution < -0.4 is 16.8 Å². The lowest BCUT2D eigenvalue weighted by molar-refractivity contribution is -0.123. The van der Waals surface area contributed by atoms with Gasteiger partial charge in [0.1, 0.15) is 0 Å². The maximum absolute atomic E-state index is 12.8. The van der Waals surface area contributed by atoms with E-state index in [-0.39, 0.29) is 23.9 Å². The van der Waals surface area contributed by atoms with E-state index in [4.69, 9.17) is 11.5 Å². The second-order valence-corrected chi connectivity index (χ2v) is 8.95. The van der Waals surface area contributed by atoms with Crippen molar-refractivity contribution < 1.29 is 4.79 Å². The Morgan fingerprint density at radius 3 is 2.00 bits per heavy atom. The molecule has 1 saturated heterocycles. The molecule has 1 fully saturated rings. The third-order valence-corrected chi connectivity index (χ3v) is 6.60. The monoisotopic (exact) mass is 442 g/mol. The Bertz CT molecular complexity index is 957. The molecule has 3 aromatic rings. The highest BCUT2D eigenvalue weighted by Gasteiger charge is 2.34. The van der Waals surface area contributed by atoms with E-state index in [0.717, 1.165) is 25.1 Å². The number of likely N-dealkylation sites (tertiary alicyclic amines) is 1. The number of amides is 1. The van der Waals surface area contributed by atoms with Crippen molar-refractivity contribution in [1.29, 1.82) is 0 Å². The number of nitrogens with zero attached hydrogens (tertiary/aromatic N) is 1. The summed E-state index contributed by atoms with van der Waals surface area (Å²) in [5.74, 6) is 0.153. The minimum absolute atomic E-state index is 0.0556. The molecule has 3 atom stereocenters. The molecule has 0 aromatic heterocycles. The first-order valence-electron chi connectivity index (χ1n) is 11.8. The largest absolute Gasteiger partial charge is 0.351 e. The van der Waals surface area contributed by atoms with Crippen LogP contribution in [-0.2, 0) is 11.2 Å². The van der Waals surface area contributed by atoms with Crippen LogP contribution >= 0.6 is 0 Å². The SMILES string of the molecule is NC[C@@H]1C[C@H](NC(=O)[C@@H](N)Cc2ccccc2)CN1CC(c1ccccc1)c1ccccc1. The smallest absolute Gasteiger partial charge is 0.237 e. The molecule has 1 aliphatic heterocycles. The summed E-state index contributed by atoms with van der Waals surface area (Å²) in [4.78, 5) is 15.2. The normalized spacial score (nSPS) is 19.5. The molecule has 0 saturated carbocycles. The summed E-state index contributed by atoms with van der Waals surface area (Å²) >= 11 is 0. The van der Waals surface area contributed by atoms with Gasteiger partial charge in [-0.05, 0) is 29.5 Å². The van der Waals surface area contributed by atoms with Gasteiger partial charge in [-0.25, -0.2) is 0 Å². The Morgan fingerprint density at radius 1 is 0.909 bits per heavy atom. The van der Waals surface area contributed by atoms with Crippen LogP contribution in [0.2, 0.25) is 0 Å². The van der Waals surface area contributed by atoms with Gasteiger partial charge in [-0.3, -0.25) is 9.69 Å². The lowest BCUT2D eigenvalue weighted by Gasteiger charge is -2.29. The van der Waals surface area contributed by atoms with Gasteiger partial charge in [0, 0.05) is 37.6 Å². The van der Waals surface area contributed by atoms with Gasteiger partial charge in [0.15, 0.2) is 0 Å². The standard InChI is InChI=1S/C28H34N4O/c29-18-25-17-24(31-28(33)27(30)16-21-10-4-1-5-11-21)19-32(25)20-26(22-12-6-2-7-13-22)23-14-8-3-9-15-23/h1-15,24-27H,16-20,29-30H2,(H,31,33)/t24-,25-,27-/m0/s1. The van der Waals surface area contributed by atoms with Crippen molar-refractivity contribution in [3.05, 3.63) is 108 Å². The zero-order chi connectivity index (χ0) is 23.0. The second-order valence-electron chi connectivity index (χ2n) is 8.95. The Balaban J connectivity index is 1.42. The zero-order valence-electron chi connectivity index (χ0n) is 19.0. The molecule has 172 valence electrons. The highest BCUT2D eigenvalue weighted by Crippen LogP contribution is 2.29. The van der Waals surface area contributed by atoms with E-state index in [1.807, 2.05) is 42.5 Å². The Morgan fingerprint density at radius 2 is 1.45 bits per heavy atom. The molecule has 4 rings (SSSR count). The van der Waals surface area contributed by atoms with Gasteiger partial charge in [-0.15, -0.1) is 0 Å². The van der Waals surface area contributed by atoms with Crippen LogP contribution in [0.25, 0.3) is 0 Å². The summed E-state index contributed by atoms with van der Waals surface area (Å²) in [6, 6.07) is 30.8. The third-order valence-electron chi connectivity index (χ3n) is 6.60. The van der Waals surface area contributed by atoms with Crippen LogP contribution in [0.4, 0.5) is 0 Å². The molecule has 0 aliphatic carbocycles. The first-order valence-corrected chi connectivity index (χ1v) is 11.8. The average Bonchev–Trinajstić information content (AvgIpc) is 3.25. The molecule has 1 amide bonds. The first kappa shape index (κ1) is 23.2. The molecule has 1 heterocycles. The molecule has 5 heteroatoms. The zero-order valence-corrected chi connectivity index (χ0v) is 19.0. The van der Waals surface area contributed by atoms with Gasteiger partial charge < -0.3 is 16.8 Å². The summed E-state index contributed by atoms with van der Waals surface area (Å²) in [6.07, 6.45) is 1.38. The quantitative estimate of drug-likeness (QED) is 0.476. The van der Waals surface area contributed by atoms with Crippen molar-refractivity contribution in [2.24, 2.45) is 11.5 Å². The summed E-state index contributed by atoms with van der Waals surface area (Å²) < 4.78 is 0. The molecule has 33 heavy (non-hydrogen) atoms. The van der Waals surface area contributed by atoms with E-state index < -0.39 is 6.04 Å². The molecule has 1 aliphatic rings. The van der Waals surface area contributed by atoms with Gasteiger partial charge in [0.2, 0.25) is 5.91 Å². The van der Waals surface area contributed by atoms with Gasteiger partial charge in [0.25, 0.3) is 0 Å². The number of rotatable bonds is 9. The first-order chi connectivity index (χ1) is 16.1. The van der Waals surface area contributed by atoms with Gasteiger partial charge in [-0.1, -0.05) is 91.0 Å². The van der Waals surface area contributed by atoms with E-state index in [2.05, 4.69) is 58.7 Å². The minimum Gasteiger partial charge on any atom is -0.351 e. The van der Waals surface area contributed by atoms with Crippen molar-refractivity contribution in [3.8, 4) is 0 Å². The third kappa shape index (κ3) is 6.08. The predicted octanol–water partition coefficient (Wildman–Crippen LogP) is 2.91. The average molecular weight is 443 g/mol. The lowest BCUT2D eigenvalue weighted by atomic mass is 9.90. The number of carbonyl (C=O) groups excluding carboxylic acids is 1. The number of nitrogens with two attached hydrogens (primary N) is 2. The number of hydrogen-bond acceptors (Lipinski definition) is 4. The number of hydrogen-bond donors (Lipinski definition) is 3. The maximum Gasteiger partial charge on any atom is 0.237 e. The lowest BCUT2D eigenvalue weighted by Crippen LogP contribution is -2.47. The van der Waals surface area contributed by atoms with Gasteiger partial charge in [-0.2, -0.15) is 0 Å². The molecule has 3 aromatic carbocycles. The minimum atomic E-state index is -0.556. The van der Waals surface area contributed by atoms with Gasteiger partial charge in [0.05, 0.1) is 6.04 Å². The van der Waals surface area contributed by atoms with Crippen molar-refractivity contribution in [2.45, 2.75) is 36.9 Å². The molecule has 0 bridgehead atoms. The predicted molar refractivity (Wildman–Crippen MR) is 134 cm³/mol. The molecule has 5 nitrogen and oxygen atoms in total. The van der Waals surface area contributed by atoms with Crippen molar-refractivity contribution in [2.75, 3.05) is 19.6 Å². The van der Waals surface area contributed by atoms with Crippen molar-refractivity contribution >= 4 is 5.91 Å². The number of carbonyl (C=O) groups is 1. The molecular formula is C28H34N4O. The Hall–Kier alpha value is -2.99. The molecule has 0 radical (unpaired) electrons. The van der Waals surface area contributed by atoms with E-state index in [1.54, 1.807) is 0 Å². The molecule has 0 unspecified atom stereocenters.